The van der Waals surface area contributed by atoms with Crippen LogP contribution in [0.1, 0.15) is 47.1 Å². The third kappa shape index (κ3) is 6.14. The molecule has 3 aromatic carbocycles. The third-order valence-electron chi connectivity index (χ3n) is 7.02. The molecule has 8 nitrogen and oxygen atoms in total. The first-order valence-corrected chi connectivity index (χ1v) is 15.0. The zero-order chi connectivity index (χ0) is 27.7. The van der Waals surface area contributed by atoms with Gasteiger partial charge in [0.05, 0.1) is 25.4 Å². The average Bonchev–Trinajstić information content (AvgIpc) is 3.25. The highest BCUT2D eigenvalue weighted by atomic mass is 32.2. The van der Waals surface area contributed by atoms with E-state index in [1.54, 1.807) is 6.07 Å². The van der Waals surface area contributed by atoms with Gasteiger partial charge < -0.3 is 24.1 Å². The zero-order valence-corrected chi connectivity index (χ0v) is 23.0. The molecule has 0 saturated heterocycles. The molecule has 2 atom stereocenters. The van der Waals surface area contributed by atoms with Crippen LogP contribution >= 0.6 is 0 Å². The Bertz CT molecular complexity index is 1490. The van der Waals surface area contributed by atoms with Gasteiger partial charge in [-0.25, -0.2) is 8.42 Å². The lowest BCUT2D eigenvalue weighted by atomic mass is 9.93. The smallest absolute Gasteiger partial charge is 0.304 e. The quantitative estimate of drug-likeness (QED) is 0.359. The van der Waals surface area contributed by atoms with Crippen molar-refractivity contribution in [3.8, 4) is 34.1 Å². The van der Waals surface area contributed by atoms with E-state index in [1.807, 2.05) is 44.2 Å². The minimum atomic E-state index is -3.00. The van der Waals surface area contributed by atoms with E-state index >= 15 is 0 Å². The van der Waals surface area contributed by atoms with Gasteiger partial charge in [-0.3, -0.25) is 4.79 Å². The van der Waals surface area contributed by atoms with Crippen molar-refractivity contribution in [1.29, 1.82) is 0 Å². The van der Waals surface area contributed by atoms with Crippen molar-refractivity contribution in [2.24, 2.45) is 0 Å². The Morgan fingerprint density at radius 1 is 1.00 bits per heavy atom. The van der Waals surface area contributed by atoms with Crippen molar-refractivity contribution >= 4 is 15.8 Å². The molecule has 0 amide bonds. The molecule has 5 rings (SSSR count). The number of aliphatic carboxylic acids is 1. The van der Waals surface area contributed by atoms with E-state index < -0.39 is 15.8 Å². The third-order valence-corrected chi connectivity index (χ3v) is 8.05. The molecule has 0 spiro atoms. The number of fused-ring (bicyclic) bond motifs is 2. The van der Waals surface area contributed by atoms with Gasteiger partial charge in [0.2, 0.25) is 0 Å². The maximum absolute atomic E-state index is 11.3. The van der Waals surface area contributed by atoms with E-state index in [0.29, 0.717) is 43.5 Å². The molecule has 1 N–H and O–H groups in total. The molecule has 0 saturated carbocycles. The molecule has 0 fully saturated rings. The van der Waals surface area contributed by atoms with Gasteiger partial charge in [-0.05, 0) is 72.4 Å². The van der Waals surface area contributed by atoms with Crippen LogP contribution in [0, 0.1) is 13.8 Å². The van der Waals surface area contributed by atoms with Crippen molar-refractivity contribution in [2.45, 2.75) is 38.7 Å². The first-order valence-electron chi connectivity index (χ1n) is 12.9. The monoisotopic (exact) mass is 552 g/mol. The Morgan fingerprint density at radius 3 is 2.46 bits per heavy atom. The van der Waals surface area contributed by atoms with E-state index in [1.165, 1.54) is 6.26 Å². The summed E-state index contributed by atoms with van der Waals surface area (Å²) in [6.07, 6.45) is 1.37. The van der Waals surface area contributed by atoms with Crippen molar-refractivity contribution in [2.75, 3.05) is 31.8 Å². The Balaban J connectivity index is 1.32. The predicted molar refractivity (Wildman–Crippen MR) is 147 cm³/mol. The van der Waals surface area contributed by atoms with E-state index in [9.17, 15) is 18.3 Å². The van der Waals surface area contributed by atoms with E-state index in [0.717, 1.165) is 39.1 Å². The number of ether oxygens (including phenoxy) is 4. The van der Waals surface area contributed by atoms with Crippen LogP contribution in [0.2, 0.25) is 0 Å². The van der Waals surface area contributed by atoms with E-state index in [2.05, 4.69) is 12.1 Å². The van der Waals surface area contributed by atoms with Crippen LogP contribution in [0.15, 0.2) is 48.5 Å². The molecular weight excluding hydrogens is 520 g/mol. The standard InChI is InChI=1S/C30H32O8S/c1-18-10-23(35-8-5-9-39(3,33)34)11-19(2)30(18)21-7-4-6-20(12-21)28-17-37-26-14-24-22(13-29(31)32)16-36-25(24)15-27(26)38-28/h4,6-7,10-12,14-15,22,28H,5,8-9,13,16-17H2,1-3H3,(H,31,32)/t22-,28-/m1/s1. The fourth-order valence-electron chi connectivity index (χ4n) is 5.25. The molecule has 0 aliphatic carbocycles. The van der Waals surface area contributed by atoms with Gasteiger partial charge in [-0.15, -0.1) is 0 Å². The summed E-state index contributed by atoms with van der Waals surface area (Å²) in [4.78, 5) is 11.2. The van der Waals surface area contributed by atoms with Crippen LogP contribution in [-0.4, -0.2) is 51.3 Å². The number of carboxylic acid groups (broad SMARTS) is 1. The number of carbonyl (C=O) groups is 1. The van der Waals surface area contributed by atoms with Crippen LogP contribution in [0.5, 0.6) is 23.0 Å². The number of hydrogen-bond donors (Lipinski definition) is 1. The summed E-state index contributed by atoms with van der Waals surface area (Å²) in [6.45, 7) is 5.08. The Labute approximate surface area is 228 Å². The summed E-state index contributed by atoms with van der Waals surface area (Å²) in [7, 11) is -3.00. The van der Waals surface area contributed by atoms with Gasteiger partial charge in [0.1, 0.15) is 27.9 Å². The van der Waals surface area contributed by atoms with Crippen molar-refractivity contribution in [3.63, 3.8) is 0 Å². The van der Waals surface area contributed by atoms with Gasteiger partial charge in [0.15, 0.2) is 17.6 Å². The number of aryl methyl sites for hydroxylation is 2. The van der Waals surface area contributed by atoms with Crippen molar-refractivity contribution in [1.82, 2.24) is 0 Å². The lowest BCUT2D eigenvalue weighted by Gasteiger charge is -2.28. The predicted octanol–water partition coefficient (Wildman–Crippen LogP) is 5.25. The number of sulfone groups is 1. The molecule has 9 heteroatoms. The first kappa shape index (κ1) is 26.9. The molecule has 2 aliphatic rings. The van der Waals surface area contributed by atoms with Gasteiger partial charge in [0, 0.05) is 23.8 Å². The maximum atomic E-state index is 11.3. The average molecular weight is 553 g/mol. The lowest BCUT2D eigenvalue weighted by Crippen LogP contribution is -2.21. The molecule has 0 radical (unpaired) electrons. The maximum Gasteiger partial charge on any atom is 0.304 e. The molecule has 2 heterocycles. The minimum absolute atomic E-state index is 0.0111. The number of carboxylic acids is 1. The SMILES string of the molecule is Cc1cc(OCCCS(C)(=O)=O)cc(C)c1-c1cccc([C@H]2COc3cc4c(cc3O2)OC[C@H]4CC(=O)O)c1. The van der Waals surface area contributed by atoms with E-state index in [4.69, 9.17) is 18.9 Å². The van der Waals surface area contributed by atoms with Gasteiger partial charge >= 0.3 is 5.97 Å². The molecule has 39 heavy (non-hydrogen) atoms. The Kier molecular flexibility index (Phi) is 7.44. The number of rotatable bonds is 9. The molecular formula is C30H32O8S. The highest BCUT2D eigenvalue weighted by Crippen LogP contribution is 2.46. The topological polar surface area (TPSA) is 108 Å². The summed E-state index contributed by atoms with van der Waals surface area (Å²) in [5.74, 6) is 1.59. The van der Waals surface area contributed by atoms with Gasteiger partial charge in [-0.2, -0.15) is 0 Å². The van der Waals surface area contributed by atoms with Crippen LogP contribution in [0.3, 0.4) is 0 Å². The lowest BCUT2D eigenvalue weighted by molar-refractivity contribution is -0.137. The second kappa shape index (κ2) is 10.8. The van der Waals surface area contributed by atoms with E-state index in [-0.39, 0.29) is 24.2 Å². The zero-order valence-electron chi connectivity index (χ0n) is 22.2. The van der Waals surface area contributed by atoms with Gasteiger partial charge in [0.25, 0.3) is 0 Å². The largest absolute Gasteiger partial charge is 0.494 e. The second-order valence-corrected chi connectivity index (χ2v) is 12.5. The highest BCUT2D eigenvalue weighted by molar-refractivity contribution is 7.90. The second-order valence-electron chi connectivity index (χ2n) is 10.2. The molecule has 3 aromatic rings. The summed E-state index contributed by atoms with van der Waals surface area (Å²) in [5.41, 5.74) is 6.08. The minimum Gasteiger partial charge on any atom is -0.494 e. The molecule has 0 bridgehead atoms. The van der Waals surface area contributed by atoms with Crippen molar-refractivity contribution < 1.29 is 37.3 Å². The van der Waals surface area contributed by atoms with Crippen molar-refractivity contribution in [3.05, 3.63) is 70.8 Å². The van der Waals surface area contributed by atoms with Crippen LogP contribution in [0.25, 0.3) is 11.1 Å². The molecule has 2 aliphatic heterocycles. The number of hydrogen-bond acceptors (Lipinski definition) is 7. The van der Waals surface area contributed by atoms with Gasteiger partial charge in [-0.1, -0.05) is 18.2 Å². The molecule has 206 valence electrons. The highest BCUT2D eigenvalue weighted by Gasteiger charge is 2.31. The van der Waals surface area contributed by atoms with Crippen LogP contribution < -0.4 is 18.9 Å². The van der Waals surface area contributed by atoms with Crippen LogP contribution in [-0.2, 0) is 14.6 Å². The normalized spacial score (nSPS) is 17.8. The summed E-state index contributed by atoms with van der Waals surface area (Å²) in [6, 6.07) is 15.8. The number of benzene rings is 3. The fraction of sp³-hybridized carbons (Fsp3) is 0.367. The Morgan fingerprint density at radius 2 is 1.74 bits per heavy atom. The summed E-state index contributed by atoms with van der Waals surface area (Å²) in [5, 5.41) is 9.18. The summed E-state index contributed by atoms with van der Waals surface area (Å²) >= 11 is 0. The molecule has 0 unspecified atom stereocenters. The summed E-state index contributed by atoms with van der Waals surface area (Å²) < 4.78 is 46.6. The Hall–Kier alpha value is -3.72. The van der Waals surface area contributed by atoms with Crippen LogP contribution in [0.4, 0.5) is 0 Å². The first-order chi connectivity index (χ1) is 18.6. The fourth-order valence-corrected chi connectivity index (χ4v) is 5.89. The molecule has 0 aromatic heterocycles.